The molecule has 0 spiro atoms. The fraction of sp³-hybridized carbons (Fsp3) is 0.455. The molecular formula is C22H26O7. The molecule has 1 aliphatic rings. The molecule has 2 N–H and O–H groups in total. The highest BCUT2D eigenvalue weighted by Crippen LogP contribution is 2.35. The van der Waals surface area contributed by atoms with Gasteiger partial charge in [0.1, 0.15) is 18.1 Å². The van der Waals surface area contributed by atoms with Crippen LogP contribution in [0.2, 0.25) is 0 Å². The molecule has 1 aromatic carbocycles. The third-order valence-corrected chi connectivity index (χ3v) is 5.01. The number of carbonyl (C=O) groups is 1. The molecule has 1 aromatic heterocycles. The van der Waals surface area contributed by atoms with Crippen LogP contribution in [0.3, 0.4) is 0 Å². The summed E-state index contributed by atoms with van der Waals surface area (Å²) < 4.78 is 16.7. The van der Waals surface area contributed by atoms with E-state index in [4.69, 9.17) is 13.9 Å². The Bertz CT molecular complexity index is 896. The first kappa shape index (κ1) is 20.9. The van der Waals surface area contributed by atoms with Crippen LogP contribution in [0, 0.1) is 0 Å². The van der Waals surface area contributed by atoms with Crippen LogP contribution in [0.4, 0.5) is 0 Å². The van der Waals surface area contributed by atoms with Crippen LogP contribution >= 0.6 is 0 Å². The van der Waals surface area contributed by atoms with Crippen molar-refractivity contribution in [3.63, 3.8) is 0 Å². The largest absolute Gasteiger partial charge is 0.502 e. The number of aromatic hydroxyl groups is 1. The van der Waals surface area contributed by atoms with Crippen molar-refractivity contribution in [1.29, 1.82) is 0 Å². The number of esters is 1. The maximum absolute atomic E-state index is 12.2. The number of aliphatic hydroxyl groups excluding tert-OH is 1. The van der Waals surface area contributed by atoms with E-state index in [-0.39, 0.29) is 30.7 Å². The second kappa shape index (κ2) is 9.60. The van der Waals surface area contributed by atoms with E-state index in [0.29, 0.717) is 11.3 Å². The van der Waals surface area contributed by atoms with E-state index in [1.165, 1.54) is 0 Å². The maximum atomic E-state index is 12.2. The summed E-state index contributed by atoms with van der Waals surface area (Å²) >= 11 is 0. The molecule has 0 radical (unpaired) electrons. The molecule has 7 heteroatoms. The second-order valence-corrected chi connectivity index (χ2v) is 7.11. The summed E-state index contributed by atoms with van der Waals surface area (Å²) in [7, 11) is 0. The Morgan fingerprint density at radius 3 is 2.72 bits per heavy atom. The molecule has 1 aliphatic carbocycles. The molecule has 29 heavy (non-hydrogen) atoms. The van der Waals surface area contributed by atoms with Gasteiger partial charge in [0.2, 0.25) is 11.2 Å². The minimum absolute atomic E-state index is 0.00928. The van der Waals surface area contributed by atoms with Crippen molar-refractivity contribution in [3.05, 3.63) is 57.6 Å². The molecule has 0 amide bonds. The summed E-state index contributed by atoms with van der Waals surface area (Å²) in [6.45, 7) is 1.41. The third kappa shape index (κ3) is 5.17. The highest BCUT2D eigenvalue weighted by molar-refractivity contribution is 5.71. The quantitative estimate of drug-likeness (QED) is 0.653. The van der Waals surface area contributed by atoms with E-state index in [1.54, 1.807) is 25.1 Å². The van der Waals surface area contributed by atoms with Gasteiger partial charge in [0, 0.05) is 6.07 Å². The lowest BCUT2D eigenvalue weighted by atomic mass is 9.92. The molecule has 156 valence electrons. The topological polar surface area (TPSA) is 106 Å². The van der Waals surface area contributed by atoms with Crippen molar-refractivity contribution in [3.8, 4) is 11.5 Å². The summed E-state index contributed by atoms with van der Waals surface area (Å²) in [6, 6.07) is 8.22. The lowest BCUT2D eigenvalue weighted by molar-refractivity contribution is -0.143. The van der Waals surface area contributed by atoms with Crippen LogP contribution in [-0.2, 0) is 16.1 Å². The molecule has 1 saturated carbocycles. The zero-order valence-corrected chi connectivity index (χ0v) is 16.4. The average molecular weight is 402 g/mol. The molecule has 1 atom stereocenters. The summed E-state index contributed by atoms with van der Waals surface area (Å²) in [5, 5.41) is 19.7. The SMILES string of the molecule is CCOC(=O)C[C@H](c1cccc(OC2CCCC2)c1)c1oc(CO)cc(=O)c1O. The van der Waals surface area contributed by atoms with Crippen molar-refractivity contribution < 1.29 is 28.9 Å². The molecule has 3 rings (SSSR count). The number of rotatable bonds is 8. The van der Waals surface area contributed by atoms with Gasteiger partial charge in [-0.3, -0.25) is 9.59 Å². The van der Waals surface area contributed by atoms with Gasteiger partial charge >= 0.3 is 5.97 Å². The predicted molar refractivity (Wildman–Crippen MR) is 105 cm³/mol. The monoisotopic (exact) mass is 402 g/mol. The Labute approximate surface area is 168 Å². The number of ether oxygens (including phenoxy) is 2. The fourth-order valence-corrected chi connectivity index (χ4v) is 3.62. The Morgan fingerprint density at radius 1 is 1.28 bits per heavy atom. The van der Waals surface area contributed by atoms with Gasteiger partial charge in [0.05, 0.1) is 25.0 Å². The van der Waals surface area contributed by atoms with Gasteiger partial charge < -0.3 is 24.1 Å². The van der Waals surface area contributed by atoms with Crippen molar-refractivity contribution in [2.45, 2.75) is 57.7 Å². The van der Waals surface area contributed by atoms with Gasteiger partial charge in [-0.25, -0.2) is 0 Å². The Balaban J connectivity index is 1.99. The molecule has 7 nitrogen and oxygen atoms in total. The van der Waals surface area contributed by atoms with Crippen LogP contribution < -0.4 is 10.2 Å². The van der Waals surface area contributed by atoms with E-state index in [2.05, 4.69) is 0 Å². The summed E-state index contributed by atoms with van der Waals surface area (Å²) in [5.74, 6) is -1.25. The zero-order chi connectivity index (χ0) is 20.8. The Morgan fingerprint density at radius 2 is 2.03 bits per heavy atom. The fourth-order valence-electron chi connectivity index (χ4n) is 3.62. The number of aliphatic hydroxyl groups is 1. The molecule has 1 fully saturated rings. The van der Waals surface area contributed by atoms with E-state index in [9.17, 15) is 19.8 Å². The van der Waals surface area contributed by atoms with Crippen LogP contribution in [0.15, 0.2) is 39.5 Å². The van der Waals surface area contributed by atoms with Gasteiger partial charge in [0.15, 0.2) is 5.76 Å². The third-order valence-electron chi connectivity index (χ3n) is 5.01. The van der Waals surface area contributed by atoms with E-state index in [0.717, 1.165) is 31.7 Å². The number of benzene rings is 1. The molecule has 2 aromatic rings. The lowest BCUT2D eigenvalue weighted by Crippen LogP contribution is -2.15. The van der Waals surface area contributed by atoms with Crippen molar-refractivity contribution in [2.24, 2.45) is 0 Å². The van der Waals surface area contributed by atoms with Crippen LogP contribution in [0.25, 0.3) is 0 Å². The Kier molecular flexibility index (Phi) is 6.93. The first-order chi connectivity index (χ1) is 14.0. The first-order valence-corrected chi connectivity index (χ1v) is 9.90. The highest BCUT2D eigenvalue weighted by Gasteiger charge is 2.27. The van der Waals surface area contributed by atoms with Crippen molar-refractivity contribution in [2.75, 3.05) is 6.61 Å². The molecule has 1 heterocycles. The average Bonchev–Trinajstić information content (AvgIpc) is 3.22. The van der Waals surface area contributed by atoms with Gasteiger partial charge in [-0.2, -0.15) is 0 Å². The standard InChI is InChI=1S/C22H26O7/c1-2-27-20(25)12-18(22-21(26)19(24)11-17(13-23)29-22)14-6-5-9-16(10-14)28-15-7-3-4-8-15/h5-6,9-11,15,18,23,26H,2-4,7-8,12-13H2,1H3/t18-/m1/s1. The minimum atomic E-state index is -0.764. The maximum Gasteiger partial charge on any atom is 0.306 e. The normalized spacial score (nSPS) is 15.2. The highest BCUT2D eigenvalue weighted by atomic mass is 16.5. The second-order valence-electron chi connectivity index (χ2n) is 7.11. The molecule has 0 aliphatic heterocycles. The van der Waals surface area contributed by atoms with Crippen LogP contribution in [0.1, 0.15) is 62.0 Å². The smallest absolute Gasteiger partial charge is 0.306 e. The summed E-state index contributed by atoms with van der Waals surface area (Å²) in [5.41, 5.74) is -0.0374. The van der Waals surface area contributed by atoms with Gasteiger partial charge in [-0.05, 0) is 50.3 Å². The number of hydrogen-bond donors (Lipinski definition) is 2. The van der Waals surface area contributed by atoms with Crippen LogP contribution in [-0.4, -0.2) is 28.9 Å². The van der Waals surface area contributed by atoms with E-state index >= 15 is 0 Å². The predicted octanol–water partition coefficient (Wildman–Crippen LogP) is 3.24. The molecule has 0 unspecified atom stereocenters. The lowest BCUT2D eigenvalue weighted by Gasteiger charge is -2.19. The van der Waals surface area contributed by atoms with E-state index in [1.807, 2.05) is 6.07 Å². The van der Waals surface area contributed by atoms with Gasteiger partial charge in [0.25, 0.3) is 0 Å². The number of hydrogen-bond acceptors (Lipinski definition) is 7. The number of carbonyl (C=O) groups excluding carboxylic acids is 1. The Hall–Kier alpha value is -2.80. The minimum Gasteiger partial charge on any atom is -0.502 e. The van der Waals surface area contributed by atoms with Crippen LogP contribution in [0.5, 0.6) is 11.5 Å². The van der Waals surface area contributed by atoms with Gasteiger partial charge in [-0.1, -0.05) is 12.1 Å². The van der Waals surface area contributed by atoms with E-state index < -0.39 is 29.7 Å². The zero-order valence-electron chi connectivity index (χ0n) is 16.4. The summed E-state index contributed by atoms with van der Waals surface area (Å²) in [4.78, 5) is 24.3. The molecular weight excluding hydrogens is 376 g/mol. The summed E-state index contributed by atoms with van der Waals surface area (Å²) in [6.07, 6.45) is 4.32. The molecule has 0 saturated heterocycles. The first-order valence-electron chi connectivity index (χ1n) is 9.90. The molecule has 0 bridgehead atoms. The van der Waals surface area contributed by atoms with Crippen molar-refractivity contribution in [1.82, 2.24) is 0 Å². The van der Waals surface area contributed by atoms with Gasteiger partial charge in [-0.15, -0.1) is 0 Å². The van der Waals surface area contributed by atoms with Crippen molar-refractivity contribution >= 4 is 5.97 Å².